The molecule has 0 aliphatic heterocycles. The smallest absolute Gasteiger partial charge is 0.139 e. The molecule has 2 nitrogen and oxygen atoms in total. The molecular weight excluding hydrogens is 523 g/mol. The van der Waals surface area contributed by atoms with Gasteiger partial charge in [-0.25, -0.2) is 4.98 Å². The Kier molecular flexibility index (Phi) is 6.81. The largest absolute Gasteiger partial charge is 0.296 e. The predicted molar refractivity (Wildman–Crippen MR) is 215 cm³/mol. The van der Waals surface area contributed by atoms with Crippen LogP contribution in [0.15, 0.2) is 97.1 Å². The average Bonchev–Trinajstić information content (AvgIpc) is 3.42. The molecule has 0 spiro atoms. The van der Waals surface area contributed by atoms with E-state index in [0.717, 1.165) is 16.9 Å². The van der Waals surface area contributed by atoms with Gasteiger partial charge in [0.25, 0.3) is 0 Å². The van der Waals surface area contributed by atoms with E-state index in [1.165, 1.54) is 76.8 Å². The number of hydrogen-bond donors (Lipinski definition) is 0. The van der Waals surface area contributed by atoms with Crippen LogP contribution in [0, 0.1) is 0 Å². The minimum Gasteiger partial charge on any atom is -0.296 e. The van der Waals surface area contributed by atoms with Crippen molar-refractivity contribution in [2.45, 2.75) is 5.11 Å². The fourth-order valence-corrected chi connectivity index (χ4v) is 7.15. The molecule has 10 heteroatoms. The molecule has 7 aromatic rings. The van der Waals surface area contributed by atoms with Crippen LogP contribution >= 0.6 is 0 Å². The summed E-state index contributed by atoms with van der Waals surface area (Å²) in [4.78, 5) is 5.19. The highest BCUT2D eigenvalue weighted by Crippen LogP contribution is 2.43. The first kappa shape index (κ1) is 28.6. The van der Waals surface area contributed by atoms with Gasteiger partial charge in [0.2, 0.25) is 0 Å². The molecule has 0 radical (unpaired) electrons. The van der Waals surface area contributed by atoms with E-state index in [9.17, 15) is 0 Å². The first-order chi connectivity index (χ1) is 21.1. The molecule has 0 bridgehead atoms. The summed E-state index contributed by atoms with van der Waals surface area (Å²) in [7, 11) is 18.1. The molecule has 6 aromatic carbocycles. The zero-order valence-electron chi connectivity index (χ0n) is 27.1. The van der Waals surface area contributed by atoms with Gasteiger partial charge in [-0.1, -0.05) is 101 Å². The third-order valence-corrected chi connectivity index (χ3v) is 9.82. The number of hydrogen-bond acceptors (Lipinski definition) is 1. The summed E-state index contributed by atoms with van der Waals surface area (Å²) in [5, 5.41) is 4.83. The van der Waals surface area contributed by atoms with Crippen LogP contribution in [0.5, 0.6) is 0 Å². The van der Waals surface area contributed by atoms with Crippen molar-refractivity contribution < 1.29 is 0 Å². The molecular formula is C34H32B8N2. The SMILES string of the molecule is Bc1c(B)c(B)c(-c2ccc(-c3c4ccccc4c(-n4c(C(B)(B)B)nc5ccccc54)c4ccccc34)cc2)c(B)c1B. The van der Waals surface area contributed by atoms with Gasteiger partial charge in [0.05, 0.1) is 46.1 Å². The Hall–Kier alpha value is -4.17. The van der Waals surface area contributed by atoms with Crippen LogP contribution in [0.2, 0.25) is 0 Å². The molecule has 44 heavy (non-hydrogen) atoms. The molecule has 0 N–H and O–H groups in total. The summed E-state index contributed by atoms with van der Waals surface area (Å²) in [5.74, 6) is 1.07. The van der Waals surface area contributed by atoms with Crippen LogP contribution < -0.4 is 27.3 Å². The van der Waals surface area contributed by atoms with Crippen molar-refractivity contribution in [1.82, 2.24) is 9.55 Å². The second-order valence-corrected chi connectivity index (χ2v) is 13.4. The first-order valence-electron chi connectivity index (χ1n) is 15.7. The Bertz CT molecular complexity index is 2180. The average molecular weight is 555 g/mol. The Morgan fingerprint density at radius 2 is 0.909 bits per heavy atom. The number of rotatable bonds is 4. The highest BCUT2D eigenvalue weighted by Gasteiger charge is 2.26. The van der Waals surface area contributed by atoms with Crippen molar-refractivity contribution in [2.24, 2.45) is 0 Å². The summed E-state index contributed by atoms with van der Waals surface area (Å²) in [6, 6.07) is 35.6. The maximum atomic E-state index is 5.19. The summed E-state index contributed by atoms with van der Waals surface area (Å²) >= 11 is 0. The molecule has 0 amide bonds. The maximum absolute atomic E-state index is 5.19. The fourth-order valence-electron chi connectivity index (χ4n) is 7.15. The van der Waals surface area contributed by atoms with E-state index in [-0.39, 0.29) is 5.11 Å². The zero-order valence-corrected chi connectivity index (χ0v) is 27.1. The number of imidazole rings is 1. The Balaban J connectivity index is 1.52. The second-order valence-electron chi connectivity index (χ2n) is 13.4. The van der Waals surface area contributed by atoms with Crippen LogP contribution in [0.25, 0.3) is 60.5 Å². The predicted octanol–water partition coefficient (Wildman–Crippen LogP) is -3.03. The molecule has 0 fully saturated rings. The number of fused-ring (bicyclic) bond motifs is 3. The normalized spacial score (nSPS) is 11.9. The summed E-state index contributed by atoms with van der Waals surface area (Å²) < 4.78 is 2.42. The number of aromatic nitrogens is 2. The monoisotopic (exact) mass is 556 g/mol. The highest BCUT2D eigenvalue weighted by atomic mass is 15.1. The third-order valence-electron chi connectivity index (χ3n) is 9.82. The standard InChI is InChI=1S/C34H32B8N2/c35-27-26(28(36)30(38)31(39)29(27)37)18-15-13-17(14-16-18)25-19-7-1-3-9-21(19)32(22-10-4-2-8-20(22)25)44-24-12-6-5-11-23(24)43-33(44)34(40,41)42/h1-16H,35-42H2. The lowest BCUT2D eigenvalue weighted by atomic mass is 9.42. The van der Waals surface area contributed by atoms with Gasteiger partial charge in [0, 0.05) is 10.8 Å². The maximum Gasteiger partial charge on any atom is 0.139 e. The minimum atomic E-state index is -0.140. The van der Waals surface area contributed by atoms with Crippen LogP contribution in [0.3, 0.4) is 0 Å². The van der Waals surface area contributed by atoms with E-state index in [0.29, 0.717) is 0 Å². The highest BCUT2D eigenvalue weighted by molar-refractivity contribution is 6.68. The van der Waals surface area contributed by atoms with E-state index < -0.39 is 0 Å². The van der Waals surface area contributed by atoms with E-state index >= 15 is 0 Å². The number of nitrogens with zero attached hydrogens (tertiary/aromatic N) is 2. The van der Waals surface area contributed by atoms with Gasteiger partial charge in [-0.3, -0.25) is 4.57 Å². The lowest BCUT2D eigenvalue weighted by Crippen LogP contribution is -2.55. The van der Waals surface area contributed by atoms with E-state index in [1.54, 1.807) is 0 Å². The second kappa shape index (κ2) is 10.5. The van der Waals surface area contributed by atoms with Gasteiger partial charge < -0.3 is 0 Å². The summed E-state index contributed by atoms with van der Waals surface area (Å²) in [6.45, 7) is 0. The molecule has 1 heterocycles. The molecule has 0 saturated carbocycles. The summed E-state index contributed by atoms with van der Waals surface area (Å²) in [6.07, 6.45) is 0. The van der Waals surface area contributed by atoms with E-state index in [2.05, 4.69) is 164 Å². The van der Waals surface area contributed by atoms with Crippen molar-refractivity contribution in [3.63, 3.8) is 0 Å². The summed E-state index contributed by atoms with van der Waals surface area (Å²) in [5.41, 5.74) is 15.4. The van der Waals surface area contributed by atoms with Crippen LogP contribution in [-0.4, -0.2) is 72.3 Å². The Morgan fingerprint density at radius 3 is 1.43 bits per heavy atom. The molecule has 0 atom stereocenters. The van der Waals surface area contributed by atoms with Crippen molar-refractivity contribution in [3.05, 3.63) is 103 Å². The molecule has 0 unspecified atom stereocenters. The van der Waals surface area contributed by atoms with E-state index in [4.69, 9.17) is 4.98 Å². The van der Waals surface area contributed by atoms with E-state index in [1.807, 2.05) is 0 Å². The topological polar surface area (TPSA) is 17.8 Å². The number of para-hydroxylation sites is 2. The lowest BCUT2D eigenvalue weighted by Gasteiger charge is -2.24. The lowest BCUT2D eigenvalue weighted by molar-refractivity contribution is 0.939. The Labute approximate surface area is 267 Å². The Morgan fingerprint density at radius 1 is 0.477 bits per heavy atom. The van der Waals surface area contributed by atoms with Crippen molar-refractivity contribution in [3.8, 4) is 27.9 Å². The van der Waals surface area contributed by atoms with Gasteiger partial charge in [-0.2, -0.15) is 0 Å². The minimum absolute atomic E-state index is 0.140. The van der Waals surface area contributed by atoms with Crippen LogP contribution in [0.1, 0.15) is 5.82 Å². The van der Waals surface area contributed by atoms with Gasteiger partial charge in [-0.15, -0.1) is 16.4 Å². The van der Waals surface area contributed by atoms with Crippen molar-refractivity contribution in [1.29, 1.82) is 0 Å². The number of benzene rings is 6. The van der Waals surface area contributed by atoms with Crippen LogP contribution in [-0.2, 0) is 5.11 Å². The van der Waals surface area contributed by atoms with Gasteiger partial charge in [0.15, 0.2) is 0 Å². The molecule has 202 valence electrons. The van der Waals surface area contributed by atoms with Crippen molar-refractivity contribution in [2.75, 3.05) is 0 Å². The van der Waals surface area contributed by atoms with Crippen molar-refractivity contribution >= 4 is 123 Å². The third kappa shape index (κ3) is 4.33. The fraction of sp³-hybridized carbons (Fsp3) is 0.0294. The van der Waals surface area contributed by atoms with Gasteiger partial charge >= 0.3 is 0 Å². The van der Waals surface area contributed by atoms with Gasteiger partial charge in [0.1, 0.15) is 39.2 Å². The van der Waals surface area contributed by atoms with Crippen LogP contribution in [0.4, 0.5) is 0 Å². The molecule has 1 aromatic heterocycles. The van der Waals surface area contributed by atoms with Gasteiger partial charge in [-0.05, 0) is 45.2 Å². The molecule has 0 saturated heterocycles. The quantitative estimate of drug-likeness (QED) is 0.167. The molecule has 0 aliphatic carbocycles. The first-order valence-corrected chi connectivity index (χ1v) is 15.7. The molecule has 0 aliphatic rings. The molecule has 7 rings (SSSR count). The zero-order chi connectivity index (χ0) is 30.9.